The minimum atomic E-state index is -3.79. The lowest BCUT2D eigenvalue weighted by Gasteiger charge is -2.19. The largest absolute Gasteiger partial charge is 0.307 e. The van der Waals surface area contributed by atoms with Gasteiger partial charge in [-0.3, -0.25) is 4.79 Å². The molecule has 1 amide bonds. The molecule has 0 aliphatic carbocycles. The fourth-order valence-electron chi connectivity index (χ4n) is 2.67. The maximum absolute atomic E-state index is 14.2. The zero-order valence-corrected chi connectivity index (χ0v) is 16.8. The van der Waals surface area contributed by atoms with Crippen LogP contribution in [0.3, 0.4) is 0 Å². The molecule has 1 aromatic carbocycles. The van der Waals surface area contributed by atoms with Crippen LogP contribution in [0.2, 0.25) is 0 Å². The van der Waals surface area contributed by atoms with Crippen molar-refractivity contribution in [1.29, 1.82) is 0 Å². The van der Waals surface area contributed by atoms with Gasteiger partial charge in [-0.2, -0.15) is 9.40 Å². The Morgan fingerprint density at radius 2 is 1.93 bits per heavy atom. The van der Waals surface area contributed by atoms with E-state index in [1.54, 1.807) is 30.8 Å². The molecule has 0 radical (unpaired) electrons. The Bertz CT molecular complexity index is 907. The molecule has 27 heavy (non-hydrogen) atoms. The molecule has 0 aliphatic heterocycles. The van der Waals surface area contributed by atoms with E-state index in [1.165, 1.54) is 10.4 Å². The smallest absolute Gasteiger partial charge is 0.259 e. The van der Waals surface area contributed by atoms with Crippen molar-refractivity contribution in [2.24, 2.45) is 0 Å². The van der Waals surface area contributed by atoms with Crippen molar-refractivity contribution in [2.45, 2.75) is 45.1 Å². The summed E-state index contributed by atoms with van der Waals surface area (Å²) in [6, 6.07) is 4.90. The number of hydrogen-bond donors (Lipinski definition) is 1. The molecule has 0 spiro atoms. The number of nitrogens with zero attached hydrogens (tertiary/aromatic N) is 3. The van der Waals surface area contributed by atoms with E-state index < -0.39 is 21.7 Å². The van der Waals surface area contributed by atoms with Gasteiger partial charge in [-0.15, -0.1) is 0 Å². The maximum atomic E-state index is 14.2. The molecule has 0 saturated carbocycles. The number of benzene rings is 1. The first-order chi connectivity index (χ1) is 12.8. The minimum absolute atomic E-state index is 0.0505. The van der Waals surface area contributed by atoms with Crippen molar-refractivity contribution in [2.75, 3.05) is 18.4 Å². The Labute approximate surface area is 159 Å². The third-order valence-electron chi connectivity index (χ3n) is 4.45. The first-order valence-corrected chi connectivity index (χ1v) is 10.3. The molecule has 0 saturated heterocycles. The van der Waals surface area contributed by atoms with Gasteiger partial charge in [-0.05, 0) is 31.5 Å². The zero-order chi connectivity index (χ0) is 20.2. The average molecular weight is 396 g/mol. The van der Waals surface area contributed by atoms with Crippen LogP contribution in [-0.4, -0.2) is 41.5 Å². The highest BCUT2D eigenvalue weighted by atomic mass is 32.2. The van der Waals surface area contributed by atoms with Gasteiger partial charge in [0.05, 0.1) is 22.7 Å². The second-order valence-corrected chi connectivity index (χ2v) is 8.04. The highest BCUT2D eigenvalue weighted by Crippen LogP contribution is 2.21. The number of hydrogen-bond acceptors (Lipinski definition) is 4. The van der Waals surface area contributed by atoms with Crippen molar-refractivity contribution in [3.05, 3.63) is 41.8 Å². The summed E-state index contributed by atoms with van der Waals surface area (Å²) < 4.78 is 42.4. The van der Waals surface area contributed by atoms with Crippen LogP contribution in [0.25, 0.3) is 0 Å². The highest BCUT2D eigenvalue weighted by molar-refractivity contribution is 7.89. The second kappa shape index (κ2) is 8.62. The summed E-state index contributed by atoms with van der Waals surface area (Å²) in [7, 11) is -3.79. The van der Waals surface area contributed by atoms with Crippen molar-refractivity contribution in [3.63, 3.8) is 0 Å². The molecule has 9 heteroatoms. The third kappa shape index (κ3) is 4.36. The quantitative estimate of drug-likeness (QED) is 0.742. The molecule has 1 aromatic heterocycles. The summed E-state index contributed by atoms with van der Waals surface area (Å²) in [5.41, 5.74) is -0.333. The second-order valence-electron chi connectivity index (χ2n) is 6.10. The van der Waals surface area contributed by atoms with E-state index in [1.807, 2.05) is 13.8 Å². The first-order valence-electron chi connectivity index (χ1n) is 8.90. The average Bonchev–Trinajstić information content (AvgIpc) is 3.10. The molecule has 1 atom stereocenters. The number of rotatable bonds is 8. The number of amides is 1. The van der Waals surface area contributed by atoms with E-state index in [0.717, 1.165) is 18.6 Å². The number of aromatic nitrogens is 2. The van der Waals surface area contributed by atoms with Gasteiger partial charge in [0.15, 0.2) is 0 Å². The Balaban J connectivity index is 2.37. The topological polar surface area (TPSA) is 84.3 Å². The maximum Gasteiger partial charge on any atom is 0.259 e. The highest BCUT2D eigenvalue weighted by Gasteiger charge is 2.24. The van der Waals surface area contributed by atoms with Gasteiger partial charge >= 0.3 is 0 Å². The van der Waals surface area contributed by atoms with Gasteiger partial charge < -0.3 is 5.32 Å². The van der Waals surface area contributed by atoms with Crippen LogP contribution in [0.5, 0.6) is 0 Å². The predicted octanol–water partition coefficient (Wildman–Crippen LogP) is 3.28. The lowest BCUT2D eigenvalue weighted by Crippen LogP contribution is -2.31. The Morgan fingerprint density at radius 3 is 2.52 bits per heavy atom. The van der Waals surface area contributed by atoms with E-state index >= 15 is 0 Å². The van der Waals surface area contributed by atoms with Gasteiger partial charge in [0, 0.05) is 19.2 Å². The molecule has 148 valence electrons. The number of carbonyl (C=O) groups excluding carboxylic acids is 1. The van der Waals surface area contributed by atoms with Gasteiger partial charge in [-0.25, -0.2) is 17.5 Å². The zero-order valence-electron chi connectivity index (χ0n) is 15.9. The summed E-state index contributed by atoms with van der Waals surface area (Å²) in [6.45, 7) is 7.93. The lowest BCUT2D eigenvalue weighted by atomic mass is 10.2. The molecule has 0 unspecified atom stereocenters. The van der Waals surface area contributed by atoms with Gasteiger partial charge in [0.25, 0.3) is 5.91 Å². The Hall–Kier alpha value is -2.26. The van der Waals surface area contributed by atoms with Crippen molar-refractivity contribution in [1.82, 2.24) is 14.1 Å². The summed E-state index contributed by atoms with van der Waals surface area (Å²) in [5.74, 6) is -1.10. The monoisotopic (exact) mass is 396 g/mol. The van der Waals surface area contributed by atoms with E-state index in [4.69, 9.17) is 0 Å². The Morgan fingerprint density at radius 1 is 1.26 bits per heavy atom. The van der Waals surface area contributed by atoms with E-state index in [0.29, 0.717) is 5.82 Å². The van der Waals surface area contributed by atoms with Crippen LogP contribution in [0.4, 0.5) is 10.2 Å². The number of sulfonamides is 1. The molecule has 2 rings (SSSR count). The number of anilines is 1. The molecular formula is C18H25FN4O3S. The van der Waals surface area contributed by atoms with Crippen LogP contribution in [0.1, 0.15) is 50.5 Å². The first kappa shape index (κ1) is 21.0. The van der Waals surface area contributed by atoms with Crippen molar-refractivity contribution in [3.8, 4) is 0 Å². The normalized spacial score (nSPS) is 13.0. The summed E-state index contributed by atoms with van der Waals surface area (Å²) in [5, 5.41) is 6.78. The SMILES string of the molecule is CC[C@@H](C)n1nccc1NC(=O)c1cc(S(=O)(=O)N(CC)CC)ccc1F. The van der Waals surface area contributed by atoms with Crippen molar-refractivity contribution < 1.29 is 17.6 Å². The van der Waals surface area contributed by atoms with Gasteiger partial charge in [0.2, 0.25) is 10.0 Å². The van der Waals surface area contributed by atoms with E-state index in [9.17, 15) is 17.6 Å². The van der Waals surface area contributed by atoms with Gasteiger partial charge in [-0.1, -0.05) is 20.8 Å². The fraction of sp³-hybridized carbons (Fsp3) is 0.444. The molecular weight excluding hydrogens is 371 g/mol. The molecule has 2 aromatic rings. The Kier molecular flexibility index (Phi) is 6.72. The molecule has 7 nitrogen and oxygen atoms in total. The fourth-order valence-corrected chi connectivity index (χ4v) is 4.16. The van der Waals surface area contributed by atoms with Crippen LogP contribution in [0, 0.1) is 5.82 Å². The molecule has 0 bridgehead atoms. The third-order valence-corrected chi connectivity index (χ3v) is 6.49. The van der Waals surface area contributed by atoms with Crippen LogP contribution in [-0.2, 0) is 10.0 Å². The lowest BCUT2D eigenvalue weighted by molar-refractivity contribution is 0.102. The van der Waals surface area contributed by atoms with Gasteiger partial charge in [0.1, 0.15) is 11.6 Å². The number of carbonyl (C=O) groups is 1. The van der Waals surface area contributed by atoms with Crippen molar-refractivity contribution >= 4 is 21.7 Å². The summed E-state index contributed by atoms with van der Waals surface area (Å²) in [4.78, 5) is 12.5. The van der Waals surface area contributed by atoms with Crippen LogP contribution < -0.4 is 5.32 Å². The van der Waals surface area contributed by atoms with Crippen LogP contribution >= 0.6 is 0 Å². The standard InChI is InChI=1S/C18H25FN4O3S/c1-5-13(4)23-17(10-11-20-23)21-18(24)15-12-14(8-9-16(15)19)27(25,26)22(6-2)7-3/h8-13H,5-7H2,1-4H3,(H,21,24)/t13-/m1/s1. The minimum Gasteiger partial charge on any atom is -0.307 e. The van der Waals surface area contributed by atoms with Crippen LogP contribution in [0.15, 0.2) is 35.4 Å². The summed E-state index contributed by atoms with van der Waals surface area (Å²) in [6.07, 6.45) is 2.34. The molecule has 0 aliphatic rings. The number of nitrogens with one attached hydrogen (secondary N) is 1. The molecule has 1 heterocycles. The van der Waals surface area contributed by atoms with E-state index in [2.05, 4.69) is 10.4 Å². The summed E-state index contributed by atoms with van der Waals surface area (Å²) >= 11 is 0. The number of halogens is 1. The van der Waals surface area contributed by atoms with E-state index in [-0.39, 0.29) is 29.6 Å². The molecule has 1 N–H and O–H groups in total. The molecule has 0 fully saturated rings. The predicted molar refractivity (Wildman–Crippen MR) is 102 cm³/mol.